The molecule has 0 aliphatic carbocycles. The minimum atomic E-state index is -0.0471. The smallest absolute Gasteiger partial charge is 0.108 e. The molecule has 0 radical (unpaired) electrons. The van der Waals surface area contributed by atoms with Gasteiger partial charge in [0.2, 0.25) is 0 Å². The Balaban J connectivity index is 2.06. The highest BCUT2D eigenvalue weighted by Gasteiger charge is 2.12. The molecule has 96 valence electrons. The fourth-order valence-corrected chi connectivity index (χ4v) is 2.30. The van der Waals surface area contributed by atoms with Crippen molar-refractivity contribution in [1.82, 2.24) is 9.55 Å². The van der Waals surface area contributed by atoms with Crippen molar-refractivity contribution in [2.75, 3.05) is 0 Å². The Morgan fingerprint density at radius 3 is 2.89 bits per heavy atom. The first-order valence-electron chi connectivity index (χ1n) is 6.06. The first kappa shape index (κ1) is 13.1. The number of aryl methyl sites for hydroxylation is 3. The lowest BCUT2D eigenvalue weighted by Gasteiger charge is -2.14. The topological polar surface area (TPSA) is 43.8 Å². The molecule has 1 aromatic heterocycles. The molecule has 1 heterocycles. The summed E-state index contributed by atoms with van der Waals surface area (Å²) in [4.78, 5) is 4.30. The highest BCUT2D eigenvalue weighted by atomic mass is 35.5. The lowest BCUT2D eigenvalue weighted by molar-refractivity contribution is 0.620. The van der Waals surface area contributed by atoms with Crippen LogP contribution in [0.3, 0.4) is 0 Å². The van der Waals surface area contributed by atoms with Gasteiger partial charge in [-0.25, -0.2) is 4.98 Å². The van der Waals surface area contributed by atoms with E-state index in [0.29, 0.717) is 0 Å². The maximum absolute atomic E-state index is 6.28. The molecule has 0 amide bonds. The Bertz CT molecular complexity index is 534. The van der Waals surface area contributed by atoms with Crippen LogP contribution in [0.4, 0.5) is 0 Å². The number of nitrogens with two attached hydrogens (primary N) is 1. The number of imidazole rings is 1. The first-order chi connectivity index (χ1) is 8.59. The molecule has 0 saturated carbocycles. The average molecular weight is 264 g/mol. The van der Waals surface area contributed by atoms with E-state index in [1.807, 2.05) is 42.9 Å². The van der Waals surface area contributed by atoms with Crippen LogP contribution in [0, 0.1) is 6.92 Å². The van der Waals surface area contributed by atoms with Gasteiger partial charge in [0.25, 0.3) is 0 Å². The SMILES string of the molecule is Cc1cccc(C(N)CCc2nccn2C)c1Cl. The molecular formula is C14H18ClN3. The Kier molecular flexibility index (Phi) is 4.04. The van der Waals surface area contributed by atoms with E-state index >= 15 is 0 Å². The lowest BCUT2D eigenvalue weighted by atomic mass is 10.0. The number of rotatable bonds is 4. The molecule has 0 saturated heterocycles. The summed E-state index contributed by atoms with van der Waals surface area (Å²) >= 11 is 6.28. The Labute approximate surface area is 113 Å². The Morgan fingerprint density at radius 1 is 1.44 bits per heavy atom. The summed E-state index contributed by atoms with van der Waals surface area (Å²) in [6.45, 7) is 2.00. The Hall–Kier alpha value is -1.32. The van der Waals surface area contributed by atoms with Crippen LogP contribution < -0.4 is 5.73 Å². The summed E-state index contributed by atoms with van der Waals surface area (Å²) in [5.41, 5.74) is 8.30. The maximum atomic E-state index is 6.28. The van der Waals surface area contributed by atoms with Gasteiger partial charge in [-0.3, -0.25) is 0 Å². The number of hydrogen-bond donors (Lipinski definition) is 1. The average Bonchev–Trinajstić information content (AvgIpc) is 2.75. The quantitative estimate of drug-likeness (QED) is 0.922. The predicted molar refractivity (Wildman–Crippen MR) is 74.6 cm³/mol. The van der Waals surface area contributed by atoms with Crippen LogP contribution in [0.25, 0.3) is 0 Å². The molecule has 0 bridgehead atoms. The zero-order valence-corrected chi connectivity index (χ0v) is 11.5. The van der Waals surface area contributed by atoms with Gasteiger partial charge >= 0.3 is 0 Å². The molecule has 0 spiro atoms. The van der Waals surface area contributed by atoms with Gasteiger partial charge in [0.15, 0.2) is 0 Å². The van der Waals surface area contributed by atoms with Crippen LogP contribution in [0.5, 0.6) is 0 Å². The summed E-state index contributed by atoms with van der Waals surface area (Å²) in [6.07, 6.45) is 5.45. The fourth-order valence-electron chi connectivity index (χ4n) is 2.03. The van der Waals surface area contributed by atoms with Crippen molar-refractivity contribution < 1.29 is 0 Å². The second-order valence-electron chi connectivity index (χ2n) is 4.58. The zero-order valence-electron chi connectivity index (χ0n) is 10.7. The first-order valence-corrected chi connectivity index (χ1v) is 6.44. The van der Waals surface area contributed by atoms with Gasteiger partial charge in [-0.2, -0.15) is 0 Å². The third kappa shape index (κ3) is 2.74. The van der Waals surface area contributed by atoms with Crippen LogP contribution in [-0.4, -0.2) is 9.55 Å². The van der Waals surface area contributed by atoms with Crippen molar-refractivity contribution in [2.24, 2.45) is 12.8 Å². The van der Waals surface area contributed by atoms with E-state index in [1.165, 1.54) is 0 Å². The lowest BCUT2D eigenvalue weighted by Crippen LogP contribution is -2.13. The number of benzene rings is 1. The molecule has 2 rings (SSSR count). The van der Waals surface area contributed by atoms with Crippen LogP contribution in [0.1, 0.15) is 29.4 Å². The van der Waals surface area contributed by atoms with Crippen LogP contribution in [-0.2, 0) is 13.5 Å². The predicted octanol–water partition coefficient (Wildman–Crippen LogP) is 3.01. The molecule has 2 aromatic rings. The van der Waals surface area contributed by atoms with E-state index in [1.54, 1.807) is 6.20 Å². The normalized spacial score (nSPS) is 12.7. The molecule has 0 aliphatic heterocycles. The van der Waals surface area contributed by atoms with Crippen molar-refractivity contribution in [3.8, 4) is 0 Å². The largest absolute Gasteiger partial charge is 0.338 e. The van der Waals surface area contributed by atoms with Gasteiger partial charge in [-0.05, 0) is 24.5 Å². The van der Waals surface area contributed by atoms with Gasteiger partial charge in [-0.15, -0.1) is 0 Å². The molecule has 1 aromatic carbocycles. The van der Waals surface area contributed by atoms with Gasteiger partial charge < -0.3 is 10.3 Å². The van der Waals surface area contributed by atoms with Crippen molar-refractivity contribution in [1.29, 1.82) is 0 Å². The highest BCUT2D eigenvalue weighted by molar-refractivity contribution is 6.32. The summed E-state index contributed by atoms with van der Waals surface area (Å²) in [5, 5.41) is 0.782. The maximum Gasteiger partial charge on any atom is 0.108 e. The third-order valence-electron chi connectivity index (χ3n) is 3.22. The van der Waals surface area contributed by atoms with E-state index in [9.17, 15) is 0 Å². The van der Waals surface area contributed by atoms with Crippen molar-refractivity contribution in [2.45, 2.75) is 25.8 Å². The molecule has 3 nitrogen and oxygen atoms in total. The zero-order chi connectivity index (χ0) is 13.1. The third-order valence-corrected chi connectivity index (χ3v) is 3.74. The molecular weight excluding hydrogens is 246 g/mol. The van der Waals surface area contributed by atoms with Crippen molar-refractivity contribution >= 4 is 11.6 Å². The molecule has 1 atom stereocenters. The van der Waals surface area contributed by atoms with Crippen LogP contribution >= 0.6 is 11.6 Å². The standard InChI is InChI=1S/C14H18ClN3/c1-10-4-3-5-11(14(10)15)12(16)6-7-13-17-8-9-18(13)2/h3-5,8-9,12H,6-7,16H2,1-2H3. The monoisotopic (exact) mass is 263 g/mol. The van der Waals surface area contributed by atoms with E-state index in [0.717, 1.165) is 34.8 Å². The highest BCUT2D eigenvalue weighted by Crippen LogP contribution is 2.27. The summed E-state index contributed by atoms with van der Waals surface area (Å²) in [6, 6.07) is 5.95. The molecule has 4 heteroatoms. The second-order valence-corrected chi connectivity index (χ2v) is 4.96. The van der Waals surface area contributed by atoms with E-state index in [4.69, 9.17) is 17.3 Å². The molecule has 0 aliphatic rings. The molecule has 1 unspecified atom stereocenters. The minimum Gasteiger partial charge on any atom is -0.338 e. The number of nitrogens with zero attached hydrogens (tertiary/aromatic N) is 2. The molecule has 0 fully saturated rings. The van der Waals surface area contributed by atoms with Crippen LogP contribution in [0.2, 0.25) is 5.02 Å². The minimum absolute atomic E-state index is 0.0471. The van der Waals surface area contributed by atoms with Gasteiger partial charge in [0, 0.05) is 36.9 Å². The van der Waals surface area contributed by atoms with Gasteiger partial charge in [0.1, 0.15) is 5.82 Å². The summed E-state index contributed by atoms with van der Waals surface area (Å²) in [5.74, 6) is 1.05. The Morgan fingerprint density at radius 2 is 2.22 bits per heavy atom. The summed E-state index contributed by atoms with van der Waals surface area (Å²) < 4.78 is 2.02. The number of aromatic nitrogens is 2. The number of halogens is 1. The summed E-state index contributed by atoms with van der Waals surface area (Å²) in [7, 11) is 1.99. The van der Waals surface area contributed by atoms with E-state index < -0.39 is 0 Å². The fraction of sp³-hybridized carbons (Fsp3) is 0.357. The number of hydrogen-bond acceptors (Lipinski definition) is 2. The molecule has 2 N–H and O–H groups in total. The van der Waals surface area contributed by atoms with Crippen LogP contribution in [0.15, 0.2) is 30.6 Å². The second kappa shape index (κ2) is 5.55. The van der Waals surface area contributed by atoms with E-state index in [-0.39, 0.29) is 6.04 Å². The van der Waals surface area contributed by atoms with Crippen molar-refractivity contribution in [3.63, 3.8) is 0 Å². The van der Waals surface area contributed by atoms with Gasteiger partial charge in [0.05, 0.1) is 0 Å². The van der Waals surface area contributed by atoms with E-state index in [2.05, 4.69) is 4.98 Å². The van der Waals surface area contributed by atoms with Gasteiger partial charge in [-0.1, -0.05) is 29.8 Å². The molecule has 18 heavy (non-hydrogen) atoms. The van der Waals surface area contributed by atoms with Crippen molar-refractivity contribution in [3.05, 3.63) is 52.6 Å².